The number of nitrogen functional groups attached to an aromatic ring is 2. The molecule has 18 nitrogen and oxygen atoms in total. The van der Waals surface area contributed by atoms with Gasteiger partial charge in [-0.1, -0.05) is 60.7 Å². The van der Waals surface area contributed by atoms with E-state index in [1.807, 2.05) is 12.1 Å². The largest absolute Gasteiger partial charge is 1.00 e. The molecule has 22 heteroatoms. The minimum atomic E-state index is -5.07. The first-order valence-corrected chi connectivity index (χ1v) is 17.7. The number of benzene rings is 4. The van der Waals surface area contributed by atoms with Crippen molar-refractivity contribution in [1.82, 2.24) is 29.9 Å². The second-order valence-corrected chi connectivity index (χ2v) is 13.4. The summed E-state index contributed by atoms with van der Waals surface area (Å²) in [5.74, 6) is -0.174. The van der Waals surface area contributed by atoms with Gasteiger partial charge in [-0.15, -0.1) is 0 Å². The van der Waals surface area contributed by atoms with Gasteiger partial charge in [0.25, 0.3) is 0 Å². The zero-order valence-electron chi connectivity index (χ0n) is 28.5. The van der Waals surface area contributed by atoms with Gasteiger partial charge in [-0.2, -0.15) is 29.9 Å². The first-order valence-electron chi connectivity index (χ1n) is 14.9. The Morgan fingerprint density at radius 2 is 0.778 bits per heavy atom. The molecule has 0 atom stereocenters. The molecule has 0 aliphatic heterocycles. The number of hydrogen-bond acceptors (Lipinski definition) is 18. The Balaban J connectivity index is 0.00000325. The molecule has 6 rings (SSSR count). The van der Waals surface area contributed by atoms with Crippen molar-refractivity contribution in [3.05, 3.63) is 108 Å². The van der Waals surface area contributed by atoms with E-state index in [1.165, 1.54) is 36.4 Å². The van der Waals surface area contributed by atoms with Gasteiger partial charge in [0.05, 0.1) is 9.79 Å². The van der Waals surface area contributed by atoms with Gasteiger partial charge in [-0.3, -0.25) is 0 Å². The molecular formula is C32H26K2N12O6S2. The topological polar surface area (TPSA) is 292 Å². The van der Waals surface area contributed by atoms with Crippen LogP contribution in [0.5, 0.6) is 0 Å². The second-order valence-electron chi connectivity index (χ2n) is 10.7. The molecule has 6 aromatic rings. The SMILES string of the molecule is Nc1nc(Nc2ccccc2)nc(Nc2ccc(C=Cc3ccc(Nc4nc(N)nc(Nc5ccccc5)n4)cc3S(=O)(=O)[O-])c(S(=O)(=O)[O-])c2)n1.[K+].[K+]. The molecule has 0 aliphatic rings. The Kier molecular flexibility index (Phi) is 15.2. The van der Waals surface area contributed by atoms with Crippen LogP contribution in [0.4, 0.5) is 58.4 Å². The van der Waals surface area contributed by atoms with Crippen LogP contribution in [0, 0.1) is 0 Å². The summed E-state index contributed by atoms with van der Waals surface area (Å²) in [5, 5.41) is 11.5. The molecule has 4 aromatic carbocycles. The van der Waals surface area contributed by atoms with E-state index in [4.69, 9.17) is 11.5 Å². The molecule has 0 spiro atoms. The molecule has 0 radical (unpaired) electrons. The molecule has 8 N–H and O–H groups in total. The zero-order valence-corrected chi connectivity index (χ0v) is 36.4. The van der Waals surface area contributed by atoms with E-state index in [9.17, 15) is 25.9 Å². The first-order chi connectivity index (χ1) is 24.8. The average molecular weight is 817 g/mol. The fourth-order valence-electron chi connectivity index (χ4n) is 4.68. The predicted octanol–water partition coefficient (Wildman–Crippen LogP) is -1.82. The molecule has 0 saturated heterocycles. The summed E-state index contributed by atoms with van der Waals surface area (Å²) in [6.45, 7) is 0. The van der Waals surface area contributed by atoms with Crippen molar-refractivity contribution < 1.29 is 129 Å². The van der Waals surface area contributed by atoms with E-state index < -0.39 is 30.0 Å². The Labute approximate surface area is 394 Å². The maximum atomic E-state index is 12.3. The van der Waals surface area contributed by atoms with Crippen molar-refractivity contribution in [2.24, 2.45) is 0 Å². The molecular weight excluding hydrogens is 791 g/mol. The van der Waals surface area contributed by atoms with Crippen molar-refractivity contribution in [2.75, 3.05) is 32.7 Å². The Bertz CT molecular complexity index is 2350. The summed E-state index contributed by atoms with van der Waals surface area (Å²) in [7, 11) is -10.1. The third-order valence-corrected chi connectivity index (χ3v) is 8.67. The molecule has 0 amide bonds. The van der Waals surface area contributed by atoms with Crippen molar-refractivity contribution in [1.29, 1.82) is 0 Å². The third-order valence-electron chi connectivity index (χ3n) is 6.89. The van der Waals surface area contributed by atoms with E-state index in [0.29, 0.717) is 11.4 Å². The van der Waals surface area contributed by atoms with E-state index in [0.717, 1.165) is 12.1 Å². The Morgan fingerprint density at radius 1 is 0.463 bits per heavy atom. The molecule has 0 fully saturated rings. The Hall–Kier alpha value is -3.47. The van der Waals surface area contributed by atoms with Gasteiger partial charge < -0.3 is 41.8 Å². The number of hydrogen-bond donors (Lipinski definition) is 6. The quantitative estimate of drug-likeness (QED) is 0.0450. The summed E-state index contributed by atoms with van der Waals surface area (Å²) >= 11 is 0. The van der Waals surface area contributed by atoms with Crippen LogP contribution in [-0.4, -0.2) is 55.8 Å². The molecule has 0 aliphatic carbocycles. The van der Waals surface area contributed by atoms with Gasteiger partial charge in [-0.05, 0) is 59.7 Å². The summed E-state index contributed by atoms with van der Waals surface area (Å²) in [5.41, 5.74) is 13.0. The van der Waals surface area contributed by atoms with Crippen LogP contribution in [0.1, 0.15) is 11.1 Å². The normalized spacial score (nSPS) is 11.2. The molecule has 264 valence electrons. The monoisotopic (exact) mass is 816 g/mol. The average Bonchev–Trinajstić information content (AvgIpc) is 3.07. The maximum absolute atomic E-state index is 12.3. The molecule has 0 bridgehead atoms. The van der Waals surface area contributed by atoms with Crippen LogP contribution in [0.15, 0.2) is 107 Å². The van der Waals surface area contributed by atoms with E-state index in [1.54, 1.807) is 48.5 Å². The molecule has 2 aromatic heterocycles. The number of anilines is 10. The van der Waals surface area contributed by atoms with Gasteiger partial charge in [-0.25, -0.2) is 16.8 Å². The number of nitrogens with zero attached hydrogens (tertiary/aromatic N) is 6. The van der Waals surface area contributed by atoms with Crippen molar-refractivity contribution >= 4 is 90.8 Å². The number of nitrogens with two attached hydrogens (primary N) is 2. The van der Waals surface area contributed by atoms with Crippen LogP contribution in [0.2, 0.25) is 0 Å². The molecule has 2 heterocycles. The fraction of sp³-hybridized carbons (Fsp3) is 0. The molecule has 0 unspecified atom stereocenters. The zero-order chi connectivity index (χ0) is 36.9. The van der Waals surface area contributed by atoms with Gasteiger partial charge in [0.2, 0.25) is 35.7 Å². The number of nitrogens with one attached hydrogen (secondary N) is 4. The number of rotatable bonds is 12. The Morgan fingerprint density at radius 3 is 1.09 bits per heavy atom. The van der Waals surface area contributed by atoms with Crippen LogP contribution < -0.4 is 136 Å². The summed E-state index contributed by atoms with van der Waals surface area (Å²) < 4.78 is 73.8. The molecule has 0 saturated carbocycles. The van der Waals surface area contributed by atoms with Crippen LogP contribution in [-0.2, 0) is 20.2 Å². The number of aromatic nitrogens is 6. The van der Waals surface area contributed by atoms with Gasteiger partial charge in [0.15, 0.2) is 0 Å². The maximum Gasteiger partial charge on any atom is 1.00 e. The van der Waals surface area contributed by atoms with Crippen LogP contribution in [0.25, 0.3) is 12.2 Å². The van der Waals surface area contributed by atoms with Crippen molar-refractivity contribution in [3.8, 4) is 0 Å². The fourth-order valence-corrected chi connectivity index (χ4v) is 6.07. The second kappa shape index (κ2) is 18.9. The minimum Gasteiger partial charge on any atom is -0.744 e. The smallest absolute Gasteiger partial charge is 0.744 e. The molecule has 54 heavy (non-hydrogen) atoms. The first kappa shape index (κ1) is 43.3. The number of para-hydroxylation sites is 2. The summed E-state index contributed by atoms with van der Waals surface area (Å²) in [6.07, 6.45) is 2.37. The standard InChI is InChI=1S/C32H28N12O6S2.2K/c33-27-39-29(35-21-7-3-1-4-8-21)43-31(41-27)37-23-15-13-19(25(17-23)51(45,46)47)11-12-20-14-16-24(18-26(20)52(48,49)50)38-32-42-28(34)40-30(44-32)36-22-9-5-2-6-10-22;;/h1-18H,(H,45,46,47)(H,48,49,50)(H4,33,35,37,39,41,43)(H4,34,36,38,40,42,44);;/q;2*+1/p-2. The summed E-state index contributed by atoms with van der Waals surface area (Å²) in [4.78, 5) is 23.2. The van der Waals surface area contributed by atoms with Gasteiger partial charge in [0.1, 0.15) is 20.2 Å². The van der Waals surface area contributed by atoms with Crippen molar-refractivity contribution in [2.45, 2.75) is 9.79 Å². The van der Waals surface area contributed by atoms with E-state index in [2.05, 4.69) is 51.2 Å². The minimum absolute atomic E-state index is 0. The summed E-state index contributed by atoms with van der Waals surface area (Å²) in [6, 6.07) is 25.5. The van der Waals surface area contributed by atoms with E-state index in [-0.39, 0.29) is 161 Å². The predicted molar refractivity (Wildman–Crippen MR) is 192 cm³/mol. The van der Waals surface area contributed by atoms with Gasteiger partial charge >= 0.3 is 103 Å². The van der Waals surface area contributed by atoms with Crippen LogP contribution in [0.3, 0.4) is 0 Å². The van der Waals surface area contributed by atoms with Crippen molar-refractivity contribution in [3.63, 3.8) is 0 Å². The van der Waals surface area contributed by atoms with E-state index >= 15 is 0 Å². The van der Waals surface area contributed by atoms with Gasteiger partial charge in [0, 0.05) is 22.7 Å². The van der Waals surface area contributed by atoms with Crippen LogP contribution >= 0.6 is 0 Å². The third kappa shape index (κ3) is 12.0.